The summed E-state index contributed by atoms with van der Waals surface area (Å²) < 4.78 is 5.81. The number of hydrogen-bond donors (Lipinski definition) is 1. The minimum atomic E-state index is -0.498. The van der Waals surface area contributed by atoms with Gasteiger partial charge in [-0.3, -0.25) is 4.79 Å². The summed E-state index contributed by atoms with van der Waals surface area (Å²) in [6.07, 6.45) is 2.79. The third-order valence-corrected chi connectivity index (χ3v) is 4.99. The van der Waals surface area contributed by atoms with Crippen LogP contribution >= 0.6 is 0 Å². The van der Waals surface area contributed by atoms with E-state index in [9.17, 15) is 4.79 Å². The lowest BCUT2D eigenvalue weighted by Crippen LogP contribution is -2.38. The fraction of sp³-hybridized carbons (Fsp3) is 0.435. The number of rotatable bonds is 7. The molecule has 0 aliphatic carbocycles. The number of nitrogens with one attached hydrogen (secondary N) is 1. The van der Waals surface area contributed by atoms with Crippen molar-refractivity contribution in [3.63, 3.8) is 0 Å². The maximum Gasteiger partial charge on any atom is 0.260 e. The molecule has 1 atom stereocenters. The summed E-state index contributed by atoms with van der Waals surface area (Å²) >= 11 is 0. The molecule has 1 aliphatic heterocycles. The average molecular weight is 367 g/mol. The molecule has 3 rings (SSSR count). The van der Waals surface area contributed by atoms with Crippen LogP contribution in [-0.4, -0.2) is 31.6 Å². The molecule has 27 heavy (non-hydrogen) atoms. The molecule has 0 fully saturated rings. The lowest BCUT2D eigenvalue weighted by molar-refractivity contribution is -0.127. The first-order valence-electron chi connectivity index (χ1n) is 9.88. The van der Waals surface area contributed by atoms with Gasteiger partial charge in [-0.15, -0.1) is 0 Å². The van der Waals surface area contributed by atoms with E-state index in [4.69, 9.17) is 4.74 Å². The van der Waals surface area contributed by atoms with Gasteiger partial charge < -0.3 is 15.0 Å². The third-order valence-electron chi connectivity index (χ3n) is 4.99. The van der Waals surface area contributed by atoms with Gasteiger partial charge in [0.15, 0.2) is 6.10 Å². The van der Waals surface area contributed by atoms with Crippen LogP contribution in [0.5, 0.6) is 5.75 Å². The Morgan fingerprint density at radius 1 is 1.19 bits per heavy atom. The van der Waals surface area contributed by atoms with Gasteiger partial charge in [-0.05, 0) is 74.9 Å². The molecule has 1 heterocycles. The van der Waals surface area contributed by atoms with Crippen LogP contribution in [0.25, 0.3) is 0 Å². The monoisotopic (exact) mass is 366 g/mol. The van der Waals surface area contributed by atoms with Crippen molar-refractivity contribution < 1.29 is 9.53 Å². The van der Waals surface area contributed by atoms with Crippen LogP contribution in [-0.2, 0) is 11.2 Å². The van der Waals surface area contributed by atoms with Crippen molar-refractivity contribution in [3.05, 3.63) is 59.2 Å². The van der Waals surface area contributed by atoms with Crippen LogP contribution in [0.15, 0.2) is 42.5 Å². The largest absolute Gasteiger partial charge is 0.481 e. The summed E-state index contributed by atoms with van der Waals surface area (Å²) in [7, 11) is 0. The maximum atomic E-state index is 12.3. The van der Waals surface area contributed by atoms with Crippen LogP contribution < -0.4 is 15.0 Å². The van der Waals surface area contributed by atoms with Crippen molar-refractivity contribution in [2.45, 2.75) is 46.1 Å². The fourth-order valence-corrected chi connectivity index (χ4v) is 3.73. The van der Waals surface area contributed by atoms with Gasteiger partial charge in [-0.1, -0.05) is 24.3 Å². The molecule has 1 N–H and O–H groups in total. The van der Waals surface area contributed by atoms with E-state index in [0.717, 1.165) is 42.8 Å². The van der Waals surface area contributed by atoms with E-state index in [-0.39, 0.29) is 5.91 Å². The number of fused-ring (bicyclic) bond motifs is 1. The molecule has 4 nitrogen and oxygen atoms in total. The van der Waals surface area contributed by atoms with Gasteiger partial charge in [0.05, 0.1) is 0 Å². The molecule has 144 valence electrons. The molecular formula is C23H30N2O2. The van der Waals surface area contributed by atoms with Gasteiger partial charge in [-0.2, -0.15) is 0 Å². The zero-order valence-corrected chi connectivity index (χ0v) is 16.6. The fourth-order valence-electron chi connectivity index (χ4n) is 3.73. The molecule has 1 aliphatic rings. The number of amides is 1. The highest BCUT2D eigenvalue weighted by atomic mass is 16.5. The van der Waals surface area contributed by atoms with E-state index < -0.39 is 6.10 Å². The summed E-state index contributed by atoms with van der Waals surface area (Å²) in [5, 5.41) is 3.00. The Labute approximate surface area is 162 Å². The molecular weight excluding hydrogens is 336 g/mol. The number of aryl methyl sites for hydroxylation is 3. The number of carbonyl (C=O) groups excluding carboxylic acids is 1. The minimum Gasteiger partial charge on any atom is -0.481 e. The predicted molar refractivity (Wildman–Crippen MR) is 111 cm³/mol. The number of nitrogens with zero attached hydrogens (tertiary/aromatic N) is 1. The van der Waals surface area contributed by atoms with E-state index >= 15 is 0 Å². The van der Waals surface area contributed by atoms with Gasteiger partial charge in [0, 0.05) is 25.3 Å². The first-order chi connectivity index (χ1) is 13.0. The smallest absolute Gasteiger partial charge is 0.260 e. The van der Waals surface area contributed by atoms with Crippen molar-refractivity contribution in [3.8, 4) is 5.75 Å². The number of carbonyl (C=O) groups is 1. The Balaban J connectivity index is 1.43. The standard InChI is InChI=1S/C23H30N2O2/c1-17-14-18(2)16-21(15-17)27-19(3)23(26)24-11-7-13-25-12-6-9-20-8-4-5-10-22(20)25/h4-5,8,10,14-16,19H,6-7,9,11-13H2,1-3H3,(H,24,26)/t19-/m0/s1. The highest BCUT2D eigenvalue weighted by molar-refractivity contribution is 5.80. The van der Waals surface area contributed by atoms with Crippen molar-refractivity contribution in [2.75, 3.05) is 24.5 Å². The number of benzene rings is 2. The van der Waals surface area contributed by atoms with E-state index in [1.165, 1.54) is 17.7 Å². The molecule has 0 saturated heterocycles. The van der Waals surface area contributed by atoms with Gasteiger partial charge in [-0.25, -0.2) is 0 Å². The Kier molecular flexibility index (Phi) is 6.38. The van der Waals surface area contributed by atoms with Gasteiger partial charge in [0.2, 0.25) is 0 Å². The SMILES string of the molecule is Cc1cc(C)cc(O[C@@H](C)C(=O)NCCCN2CCCc3ccccc32)c1. The lowest BCUT2D eigenvalue weighted by atomic mass is 10.0. The number of para-hydroxylation sites is 1. The van der Waals surface area contributed by atoms with Crippen LogP contribution in [0.1, 0.15) is 36.5 Å². The maximum absolute atomic E-state index is 12.3. The van der Waals surface area contributed by atoms with E-state index in [0.29, 0.717) is 6.54 Å². The van der Waals surface area contributed by atoms with Gasteiger partial charge >= 0.3 is 0 Å². The van der Waals surface area contributed by atoms with Gasteiger partial charge in [0.25, 0.3) is 5.91 Å². The Bertz CT molecular complexity index is 767. The molecule has 2 aromatic carbocycles. The van der Waals surface area contributed by atoms with Crippen molar-refractivity contribution in [2.24, 2.45) is 0 Å². The quantitative estimate of drug-likeness (QED) is 0.752. The topological polar surface area (TPSA) is 41.6 Å². The lowest BCUT2D eigenvalue weighted by Gasteiger charge is -2.31. The summed E-state index contributed by atoms with van der Waals surface area (Å²) in [5.74, 6) is 0.688. The second-order valence-electron chi connectivity index (χ2n) is 7.45. The third kappa shape index (κ3) is 5.25. The predicted octanol–water partition coefficient (Wildman–Crippen LogP) is 4.03. The molecule has 0 aromatic heterocycles. The Morgan fingerprint density at radius 3 is 2.70 bits per heavy atom. The van der Waals surface area contributed by atoms with Crippen LogP contribution in [0.2, 0.25) is 0 Å². The average Bonchev–Trinajstić information content (AvgIpc) is 2.64. The summed E-state index contributed by atoms with van der Waals surface area (Å²) in [6, 6.07) is 14.7. The van der Waals surface area contributed by atoms with E-state index in [1.807, 2.05) is 26.0 Å². The van der Waals surface area contributed by atoms with Crippen LogP contribution in [0, 0.1) is 13.8 Å². The molecule has 0 unspecified atom stereocenters. The molecule has 0 bridgehead atoms. The Hall–Kier alpha value is -2.49. The van der Waals surface area contributed by atoms with E-state index in [2.05, 4.69) is 40.5 Å². The zero-order valence-electron chi connectivity index (χ0n) is 16.6. The van der Waals surface area contributed by atoms with Crippen LogP contribution in [0.4, 0.5) is 5.69 Å². The molecule has 2 aromatic rings. The number of ether oxygens (including phenoxy) is 1. The second-order valence-corrected chi connectivity index (χ2v) is 7.45. The Morgan fingerprint density at radius 2 is 1.93 bits per heavy atom. The number of anilines is 1. The van der Waals surface area contributed by atoms with Crippen molar-refractivity contribution in [1.29, 1.82) is 0 Å². The molecule has 0 saturated carbocycles. The summed E-state index contributed by atoms with van der Waals surface area (Å²) in [5.41, 5.74) is 5.06. The number of hydrogen-bond acceptors (Lipinski definition) is 3. The zero-order chi connectivity index (χ0) is 19.2. The van der Waals surface area contributed by atoms with Gasteiger partial charge in [0.1, 0.15) is 5.75 Å². The summed E-state index contributed by atoms with van der Waals surface area (Å²) in [6.45, 7) is 8.58. The van der Waals surface area contributed by atoms with E-state index in [1.54, 1.807) is 6.92 Å². The molecule has 0 spiro atoms. The first-order valence-corrected chi connectivity index (χ1v) is 9.88. The van der Waals surface area contributed by atoms with Crippen molar-refractivity contribution in [1.82, 2.24) is 5.32 Å². The second kappa shape index (κ2) is 8.94. The minimum absolute atomic E-state index is 0.0618. The van der Waals surface area contributed by atoms with Crippen molar-refractivity contribution >= 4 is 11.6 Å². The van der Waals surface area contributed by atoms with Crippen LogP contribution in [0.3, 0.4) is 0 Å². The molecule has 0 radical (unpaired) electrons. The highest BCUT2D eigenvalue weighted by Gasteiger charge is 2.17. The summed E-state index contributed by atoms with van der Waals surface area (Å²) in [4.78, 5) is 14.7. The first kappa shape index (κ1) is 19.3. The molecule has 4 heteroatoms. The molecule has 1 amide bonds. The highest BCUT2D eigenvalue weighted by Crippen LogP contribution is 2.26. The normalized spacial score (nSPS) is 14.4.